The number of halogens is 3. The van der Waals surface area contributed by atoms with Crippen molar-refractivity contribution in [3.8, 4) is 5.69 Å². The second-order valence-corrected chi connectivity index (χ2v) is 3.74. The third kappa shape index (κ3) is 2.27. The molecule has 1 aromatic heterocycles. The number of aryl methyl sites for hydroxylation is 1. The fraction of sp³-hybridized carbons (Fsp3) is 0.167. The minimum absolute atomic E-state index is 0.167. The molecular formula is C12H9F3N2O. The van der Waals surface area contributed by atoms with Crippen molar-refractivity contribution in [3.63, 3.8) is 0 Å². The summed E-state index contributed by atoms with van der Waals surface area (Å²) in [5.74, 6) is 0. The zero-order valence-electron chi connectivity index (χ0n) is 9.40. The minimum atomic E-state index is -4.43. The van der Waals surface area contributed by atoms with Crippen LogP contribution in [0.15, 0.2) is 41.5 Å². The molecule has 0 spiro atoms. The van der Waals surface area contributed by atoms with Crippen LogP contribution in [0, 0.1) is 6.92 Å². The van der Waals surface area contributed by atoms with Crippen LogP contribution in [0.1, 0.15) is 11.3 Å². The van der Waals surface area contributed by atoms with Gasteiger partial charge in [-0.2, -0.15) is 13.2 Å². The monoisotopic (exact) mass is 254 g/mol. The average Bonchev–Trinajstić information content (AvgIpc) is 2.32. The van der Waals surface area contributed by atoms with Gasteiger partial charge < -0.3 is 0 Å². The van der Waals surface area contributed by atoms with Gasteiger partial charge >= 0.3 is 6.18 Å². The first-order valence-electron chi connectivity index (χ1n) is 5.11. The van der Waals surface area contributed by atoms with Crippen LogP contribution >= 0.6 is 0 Å². The molecule has 0 N–H and O–H groups in total. The summed E-state index contributed by atoms with van der Waals surface area (Å²) in [7, 11) is 0. The van der Waals surface area contributed by atoms with E-state index < -0.39 is 17.3 Å². The van der Waals surface area contributed by atoms with Crippen LogP contribution in [0.5, 0.6) is 0 Å². The number of rotatable bonds is 1. The highest BCUT2D eigenvalue weighted by Crippen LogP contribution is 2.29. The highest BCUT2D eigenvalue weighted by atomic mass is 19.4. The number of hydrogen-bond acceptors (Lipinski definition) is 2. The second kappa shape index (κ2) is 4.29. The summed E-state index contributed by atoms with van der Waals surface area (Å²) in [5.41, 5.74) is -0.826. The van der Waals surface area contributed by atoms with Gasteiger partial charge in [0.05, 0.1) is 5.56 Å². The number of nitrogens with zero attached hydrogens (tertiary/aromatic N) is 2. The molecule has 0 saturated carbocycles. The molecule has 0 saturated heterocycles. The Bertz CT molecular complexity index is 632. The molecule has 6 heteroatoms. The molecule has 0 aliphatic rings. The van der Waals surface area contributed by atoms with Crippen molar-refractivity contribution in [2.24, 2.45) is 0 Å². The maximum absolute atomic E-state index is 12.6. The summed E-state index contributed by atoms with van der Waals surface area (Å²) in [6.45, 7) is 1.51. The van der Waals surface area contributed by atoms with E-state index in [-0.39, 0.29) is 11.4 Å². The summed E-state index contributed by atoms with van der Waals surface area (Å²) < 4.78 is 38.8. The predicted octanol–water partition coefficient (Wildman–Crippen LogP) is 2.56. The van der Waals surface area contributed by atoms with Gasteiger partial charge in [-0.1, -0.05) is 6.07 Å². The Labute approximate surface area is 101 Å². The van der Waals surface area contributed by atoms with Crippen molar-refractivity contribution < 1.29 is 13.2 Å². The van der Waals surface area contributed by atoms with Crippen LogP contribution in [0.25, 0.3) is 5.69 Å². The number of benzene rings is 1. The quantitative estimate of drug-likeness (QED) is 0.783. The lowest BCUT2D eigenvalue weighted by atomic mass is 10.2. The lowest BCUT2D eigenvalue weighted by molar-refractivity contribution is -0.137. The molecule has 2 rings (SSSR count). The normalized spacial score (nSPS) is 11.6. The van der Waals surface area contributed by atoms with Gasteiger partial charge in [-0.15, -0.1) is 0 Å². The first-order valence-corrected chi connectivity index (χ1v) is 5.11. The van der Waals surface area contributed by atoms with Crippen molar-refractivity contribution in [3.05, 3.63) is 58.3 Å². The summed E-state index contributed by atoms with van der Waals surface area (Å²) in [6, 6.07) is 4.60. The molecule has 94 valence electrons. The van der Waals surface area contributed by atoms with E-state index in [0.717, 1.165) is 16.7 Å². The van der Waals surface area contributed by atoms with E-state index in [2.05, 4.69) is 4.98 Å². The molecule has 1 heterocycles. The molecule has 1 aromatic carbocycles. The SMILES string of the molecule is Cc1nccn(-c2cccc(C(F)(F)F)c2)c1=O. The first kappa shape index (κ1) is 12.3. The largest absolute Gasteiger partial charge is 0.416 e. The van der Waals surface area contributed by atoms with Crippen LogP contribution in [0.3, 0.4) is 0 Å². The maximum Gasteiger partial charge on any atom is 0.416 e. The predicted molar refractivity (Wildman–Crippen MR) is 59.6 cm³/mol. The molecule has 18 heavy (non-hydrogen) atoms. The zero-order valence-corrected chi connectivity index (χ0v) is 9.40. The molecule has 0 unspecified atom stereocenters. The van der Waals surface area contributed by atoms with Crippen molar-refractivity contribution in [2.75, 3.05) is 0 Å². The third-order valence-corrected chi connectivity index (χ3v) is 2.46. The molecule has 0 aliphatic heterocycles. The number of alkyl halides is 3. The van der Waals surface area contributed by atoms with E-state index in [1.165, 1.54) is 31.5 Å². The van der Waals surface area contributed by atoms with Crippen molar-refractivity contribution in [1.29, 1.82) is 0 Å². The van der Waals surface area contributed by atoms with E-state index in [9.17, 15) is 18.0 Å². The summed E-state index contributed by atoms with van der Waals surface area (Å²) >= 11 is 0. The van der Waals surface area contributed by atoms with E-state index in [4.69, 9.17) is 0 Å². The molecule has 2 aromatic rings. The second-order valence-electron chi connectivity index (χ2n) is 3.74. The smallest absolute Gasteiger partial charge is 0.281 e. The van der Waals surface area contributed by atoms with Crippen LogP contribution < -0.4 is 5.56 Å². The van der Waals surface area contributed by atoms with E-state index in [1.54, 1.807) is 0 Å². The Morgan fingerprint density at radius 2 is 2.00 bits per heavy atom. The molecular weight excluding hydrogens is 245 g/mol. The number of hydrogen-bond donors (Lipinski definition) is 0. The van der Waals surface area contributed by atoms with Crippen LogP contribution in [-0.2, 0) is 6.18 Å². The molecule has 0 amide bonds. The fourth-order valence-corrected chi connectivity index (χ4v) is 1.54. The Kier molecular flexibility index (Phi) is 2.94. The van der Waals surface area contributed by atoms with Crippen LogP contribution in [-0.4, -0.2) is 9.55 Å². The topological polar surface area (TPSA) is 34.9 Å². The van der Waals surface area contributed by atoms with E-state index >= 15 is 0 Å². The molecule has 0 aliphatic carbocycles. The molecule has 0 radical (unpaired) electrons. The molecule has 0 atom stereocenters. The molecule has 0 fully saturated rings. The summed E-state index contributed by atoms with van der Waals surface area (Å²) in [6.07, 6.45) is -1.72. The van der Waals surface area contributed by atoms with E-state index in [1.807, 2.05) is 0 Å². The van der Waals surface area contributed by atoms with Gasteiger partial charge in [-0.05, 0) is 25.1 Å². The highest BCUT2D eigenvalue weighted by molar-refractivity contribution is 5.37. The zero-order chi connectivity index (χ0) is 13.3. The van der Waals surface area contributed by atoms with Gasteiger partial charge in [-0.3, -0.25) is 14.3 Å². The Hall–Kier alpha value is -2.11. The minimum Gasteiger partial charge on any atom is -0.281 e. The fourth-order valence-electron chi connectivity index (χ4n) is 1.54. The van der Waals surface area contributed by atoms with Gasteiger partial charge in [0.1, 0.15) is 5.69 Å². The van der Waals surface area contributed by atoms with Crippen molar-refractivity contribution in [2.45, 2.75) is 13.1 Å². The van der Waals surface area contributed by atoms with E-state index in [0.29, 0.717) is 0 Å². The Morgan fingerprint density at radius 3 is 2.67 bits per heavy atom. The highest BCUT2D eigenvalue weighted by Gasteiger charge is 2.30. The maximum atomic E-state index is 12.6. The summed E-state index contributed by atoms with van der Waals surface area (Å²) in [4.78, 5) is 15.5. The third-order valence-electron chi connectivity index (χ3n) is 2.46. The standard InChI is InChI=1S/C12H9F3N2O/c1-8-11(18)17(6-5-16-8)10-4-2-3-9(7-10)12(13,14)15/h2-7H,1H3. The van der Waals surface area contributed by atoms with Gasteiger partial charge in [0.25, 0.3) is 5.56 Å². The van der Waals surface area contributed by atoms with Gasteiger partial charge in [0.2, 0.25) is 0 Å². The average molecular weight is 254 g/mol. The van der Waals surface area contributed by atoms with Crippen LogP contribution in [0.4, 0.5) is 13.2 Å². The first-order chi connectivity index (χ1) is 8.39. The van der Waals surface area contributed by atoms with Crippen molar-refractivity contribution in [1.82, 2.24) is 9.55 Å². The Morgan fingerprint density at radius 1 is 1.28 bits per heavy atom. The molecule has 0 bridgehead atoms. The Balaban J connectivity index is 2.59. The summed E-state index contributed by atoms with van der Waals surface area (Å²) in [5, 5.41) is 0. The van der Waals surface area contributed by atoms with Gasteiger partial charge in [0.15, 0.2) is 0 Å². The molecule has 3 nitrogen and oxygen atoms in total. The van der Waals surface area contributed by atoms with Crippen LogP contribution in [0.2, 0.25) is 0 Å². The van der Waals surface area contributed by atoms with Gasteiger partial charge in [0, 0.05) is 18.1 Å². The number of aromatic nitrogens is 2. The lowest BCUT2D eigenvalue weighted by Crippen LogP contribution is -2.21. The van der Waals surface area contributed by atoms with Gasteiger partial charge in [-0.25, -0.2) is 0 Å². The lowest BCUT2D eigenvalue weighted by Gasteiger charge is -2.10. The van der Waals surface area contributed by atoms with Crippen molar-refractivity contribution >= 4 is 0 Å².